The molecule has 2 fully saturated rings. The molecule has 1 unspecified atom stereocenters. The van der Waals surface area contributed by atoms with Crippen LogP contribution >= 0.6 is 11.8 Å². The van der Waals surface area contributed by atoms with Gasteiger partial charge in [0, 0.05) is 43.9 Å². The van der Waals surface area contributed by atoms with Crippen LogP contribution in [-0.2, 0) is 9.59 Å². The zero-order valence-corrected chi connectivity index (χ0v) is 14.1. The summed E-state index contributed by atoms with van der Waals surface area (Å²) in [5, 5.41) is 3.17. The Kier molecular flexibility index (Phi) is 5.57. The average molecular weight is 353 g/mol. The molecule has 2 aliphatic heterocycles. The molecular weight excluding hydrogens is 333 g/mol. The molecule has 2 amide bonds. The van der Waals surface area contributed by atoms with Crippen LogP contribution in [0.1, 0.15) is 0 Å². The number of hydrogen-bond acceptors (Lipinski definition) is 5. The van der Waals surface area contributed by atoms with Gasteiger partial charge < -0.3 is 14.5 Å². The van der Waals surface area contributed by atoms with Crippen LogP contribution in [0.15, 0.2) is 24.3 Å². The molecule has 0 bridgehead atoms. The minimum absolute atomic E-state index is 0.103. The first kappa shape index (κ1) is 17.0. The van der Waals surface area contributed by atoms with Crippen molar-refractivity contribution >= 4 is 23.6 Å². The maximum atomic E-state index is 13.1. The van der Waals surface area contributed by atoms with Crippen LogP contribution in [-0.4, -0.2) is 72.1 Å². The summed E-state index contributed by atoms with van der Waals surface area (Å²) in [6, 6.07) is 5.61. The number of carbonyl (C=O) groups excluding carboxylic acids is 2. The van der Waals surface area contributed by atoms with Gasteiger partial charge in [-0.05, 0) is 12.1 Å². The molecule has 2 heterocycles. The van der Waals surface area contributed by atoms with Gasteiger partial charge in [0.15, 0.2) is 6.61 Å². The van der Waals surface area contributed by atoms with E-state index in [1.54, 1.807) is 27.6 Å². The summed E-state index contributed by atoms with van der Waals surface area (Å²) in [5.41, 5.74) is 0. The van der Waals surface area contributed by atoms with E-state index in [4.69, 9.17) is 4.74 Å². The minimum atomic E-state index is -0.397. The molecular formula is C16H20FN3O3S. The maximum Gasteiger partial charge on any atom is 0.260 e. The van der Waals surface area contributed by atoms with Gasteiger partial charge in [-0.1, -0.05) is 6.07 Å². The Morgan fingerprint density at radius 1 is 1.25 bits per heavy atom. The molecule has 1 atom stereocenters. The zero-order valence-electron chi connectivity index (χ0n) is 13.2. The van der Waals surface area contributed by atoms with Crippen molar-refractivity contribution in [1.82, 2.24) is 15.1 Å². The monoisotopic (exact) mass is 353 g/mol. The van der Waals surface area contributed by atoms with Crippen LogP contribution in [0, 0.1) is 5.82 Å². The van der Waals surface area contributed by atoms with Crippen molar-refractivity contribution in [3.05, 3.63) is 30.1 Å². The van der Waals surface area contributed by atoms with E-state index in [0.29, 0.717) is 31.9 Å². The number of rotatable bonds is 4. The number of hydrogen-bond donors (Lipinski definition) is 1. The van der Waals surface area contributed by atoms with Crippen molar-refractivity contribution < 1.29 is 18.7 Å². The lowest BCUT2D eigenvalue weighted by Crippen LogP contribution is -2.55. The van der Waals surface area contributed by atoms with Crippen molar-refractivity contribution in [2.24, 2.45) is 0 Å². The summed E-state index contributed by atoms with van der Waals surface area (Å²) in [7, 11) is 0. The number of nitrogens with zero attached hydrogens (tertiary/aromatic N) is 2. The average Bonchev–Trinajstić information content (AvgIpc) is 3.14. The zero-order chi connectivity index (χ0) is 16.9. The van der Waals surface area contributed by atoms with Crippen LogP contribution in [0.5, 0.6) is 5.75 Å². The first-order chi connectivity index (χ1) is 11.6. The van der Waals surface area contributed by atoms with Crippen molar-refractivity contribution in [2.75, 3.05) is 44.4 Å². The number of amides is 2. The van der Waals surface area contributed by atoms with Gasteiger partial charge in [-0.25, -0.2) is 4.39 Å². The van der Waals surface area contributed by atoms with Gasteiger partial charge in [0.2, 0.25) is 5.91 Å². The van der Waals surface area contributed by atoms with Gasteiger partial charge in [-0.15, -0.1) is 11.8 Å². The number of nitrogens with one attached hydrogen (secondary N) is 1. The Balaban J connectivity index is 1.44. The molecule has 0 saturated carbocycles. The third-order valence-corrected chi connectivity index (χ3v) is 5.06. The fraction of sp³-hybridized carbons (Fsp3) is 0.500. The molecule has 0 spiro atoms. The molecule has 24 heavy (non-hydrogen) atoms. The van der Waals surface area contributed by atoms with Crippen LogP contribution in [0.4, 0.5) is 4.39 Å². The van der Waals surface area contributed by atoms with Crippen LogP contribution < -0.4 is 10.1 Å². The van der Waals surface area contributed by atoms with E-state index in [1.165, 1.54) is 18.2 Å². The molecule has 6 nitrogen and oxygen atoms in total. The predicted octanol–water partition coefficient (Wildman–Crippen LogP) is 0.538. The molecule has 0 radical (unpaired) electrons. The number of benzene rings is 1. The fourth-order valence-corrected chi connectivity index (χ4v) is 3.68. The summed E-state index contributed by atoms with van der Waals surface area (Å²) >= 11 is 1.72. The Bertz CT molecular complexity index is 602. The Morgan fingerprint density at radius 3 is 2.67 bits per heavy atom. The standard InChI is InChI=1S/C16H20FN3O3S/c17-12-2-1-3-13(8-12)23-9-15(21)19-4-6-20(7-5-19)16(22)14-10-24-11-18-14/h1-3,8,14,18H,4-7,9-11H2. The van der Waals surface area contributed by atoms with E-state index in [-0.39, 0.29) is 24.5 Å². The Morgan fingerprint density at radius 2 is 2.00 bits per heavy atom. The molecule has 130 valence electrons. The van der Waals surface area contributed by atoms with E-state index in [2.05, 4.69) is 5.32 Å². The van der Waals surface area contributed by atoms with Gasteiger partial charge in [-0.3, -0.25) is 14.9 Å². The summed E-state index contributed by atoms with van der Waals surface area (Å²) in [6.45, 7) is 1.94. The van der Waals surface area contributed by atoms with Gasteiger partial charge in [0.05, 0.1) is 6.04 Å². The van der Waals surface area contributed by atoms with Crippen molar-refractivity contribution in [3.63, 3.8) is 0 Å². The largest absolute Gasteiger partial charge is 0.484 e. The van der Waals surface area contributed by atoms with Gasteiger partial charge in [-0.2, -0.15) is 0 Å². The van der Waals surface area contributed by atoms with Gasteiger partial charge in [0.1, 0.15) is 11.6 Å². The number of carbonyl (C=O) groups is 2. The lowest BCUT2D eigenvalue weighted by atomic mass is 10.2. The lowest BCUT2D eigenvalue weighted by Gasteiger charge is -2.35. The molecule has 0 aliphatic carbocycles. The Hall–Kier alpha value is -1.80. The highest BCUT2D eigenvalue weighted by Gasteiger charge is 2.30. The smallest absolute Gasteiger partial charge is 0.260 e. The number of piperazine rings is 1. The SMILES string of the molecule is O=C(COc1cccc(F)c1)N1CCN(C(=O)C2CSCN2)CC1. The molecule has 0 aromatic heterocycles. The van der Waals surface area contributed by atoms with Crippen molar-refractivity contribution in [3.8, 4) is 5.75 Å². The third-order valence-electron chi connectivity index (χ3n) is 4.12. The second-order valence-electron chi connectivity index (χ2n) is 5.72. The summed E-state index contributed by atoms with van der Waals surface area (Å²) < 4.78 is 18.4. The highest BCUT2D eigenvalue weighted by Crippen LogP contribution is 2.14. The van der Waals surface area contributed by atoms with Crippen LogP contribution in [0.25, 0.3) is 0 Å². The minimum Gasteiger partial charge on any atom is -0.484 e. The first-order valence-electron chi connectivity index (χ1n) is 7.89. The van der Waals surface area contributed by atoms with E-state index in [1.807, 2.05) is 0 Å². The predicted molar refractivity (Wildman–Crippen MR) is 89.3 cm³/mol. The van der Waals surface area contributed by atoms with Crippen molar-refractivity contribution in [2.45, 2.75) is 6.04 Å². The molecule has 8 heteroatoms. The topological polar surface area (TPSA) is 61.9 Å². The van der Waals surface area contributed by atoms with E-state index < -0.39 is 5.82 Å². The fourth-order valence-electron chi connectivity index (χ4n) is 2.74. The molecule has 1 N–H and O–H groups in total. The summed E-state index contributed by atoms with van der Waals surface area (Å²) in [4.78, 5) is 28.0. The van der Waals surface area contributed by atoms with E-state index in [0.717, 1.165) is 11.6 Å². The van der Waals surface area contributed by atoms with Crippen LogP contribution in [0.2, 0.25) is 0 Å². The molecule has 3 rings (SSSR count). The molecule has 1 aromatic carbocycles. The second kappa shape index (κ2) is 7.85. The molecule has 2 aliphatic rings. The van der Waals surface area contributed by atoms with Crippen LogP contribution in [0.3, 0.4) is 0 Å². The highest BCUT2D eigenvalue weighted by atomic mass is 32.2. The van der Waals surface area contributed by atoms with E-state index in [9.17, 15) is 14.0 Å². The Labute approximate surface area is 144 Å². The number of halogens is 1. The molecule has 2 saturated heterocycles. The first-order valence-corrected chi connectivity index (χ1v) is 9.05. The quantitative estimate of drug-likeness (QED) is 0.856. The normalized spacial score (nSPS) is 21.0. The third kappa shape index (κ3) is 4.18. The summed E-state index contributed by atoms with van der Waals surface area (Å²) in [5.74, 6) is 1.52. The van der Waals surface area contributed by atoms with Gasteiger partial charge >= 0.3 is 0 Å². The molecule has 1 aromatic rings. The van der Waals surface area contributed by atoms with Crippen molar-refractivity contribution in [1.29, 1.82) is 0 Å². The maximum absolute atomic E-state index is 13.1. The second-order valence-corrected chi connectivity index (χ2v) is 6.75. The highest BCUT2D eigenvalue weighted by molar-refractivity contribution is 7.99. The summed E-state index contributed by atoms with van der Waals surface area (Å²) in [6.07, 6.45) is 0. The van der Waals surface area contributed by atoms with Gasteiger partial charge in [0.25, 0.3) is 5.91 Å². The lowest BCUT2D eigenvalue weighted by molar-refractivity contribution is -0.141. The number of ether oxygens (including phenoxy) is 1. The van der Waals surface area contributed by atoms with E-state index >= 15 is 0 Å². The number of thioether (sulfide) groups is 1.